The zero-order valence-electron chi connectivity index (χ0n) is 13.3. The molecule has 24 heavy (non-hydrogen) atoms. The molecule has 128 valence electrons. The predicted octanol–water partition coefficient (Wildman–Crippen LogP) is 4.89. The molecule has 7 heteroatoms. The monoisotopic (exact) mass is 339 g/mol. The first-order chi connectivity index (χ1) is 11.0. The molecule has 0 fully saturated rings. The van der Waals surface area contributed by atoms with E-state index in [9.17, 15) is 23.1 Å². The zero-order chi connectivity index (χ0) is 18.1. The number of pyridine rings is 1. The number of alkyl halides is 3. The van der Waals surface area contributed by atoms with Crippen LogP contribution in [0.3, 0.4) is 0 Å². The zero-order valence-corrected chi connectivity index (χ0v) is 13.3. The van der Waals surface area contributed by atoms with Gasteiger partial charge in [0.25, 0.3) is 0 Å². The standard InChI is InChI=1S/C17H16F3NO3/c1-16(2,3)10-4-6-12(15(22)23)13(8-10)24-11-5-7-14(21-9-11)17(18,19)20/h4-9H,1-3H3,(H,22,23). The van der Waals surface area contributed by atoms with E-state index in [0.717, 1.165) is 23.9 Å². The molecule has 0 unspecified atom stereocenters. The Labute approximate surface area is 136 Å². The molecule has 0 saturated heterocycles. The third kappa shape index (κ3) is 4.04. The molecule has 0 bridgehead atoms. The Hall–Kier alpha value is -2.57. The second-order valence-electron chi connectivity index (χ2n) is 6.25. The van der Waals surface area contributed by atoms with Gasteiger partial charge in [0.05, 0.1) is 6.20 Å². The van der Waals surface area contributed by atoms with Crippen LogP contribution < -0.4 is 4.74 Å². The van der Waals surface area contributed by atoms with Crippen LogP contribution in [0.25, 0.3) is 0 Å². The highest BCUT2D eigenvalue weighted by Crippen LogP contribution is 2.33. The second kappa shape index (κ2) is 6.14. The Bertz CT molecular complexity index is 747. The largest absolute Gasteiger partial charge is 0.478 e. The van der Waals surface area contributed by atoms with Crippen LogP contribution in [0.2, 0.25) is 0 Å². The van der Waals surface area contributed by atoms with E-state index in [1.807, 2.05) is 20.8 Å². The predicted molar refractivity (Wildman–Crippen MR) is 81.4 cm³/mol. The molecule has 1 heterocycles. The number of hydrogen-bond acceptors (Lipinski definition) is 3. The van der Waals surface area contributed by atoms with Crippen LogP contribution in [0.15, 0.2) is 36.5 Å². The number of hydrogen-bond donors (Lipinski definition) is 1. The maximum atomic E-state index is 12.5. The van der Waals surface area contributed by atoms with Gasteiger partial charge < -0.3 is 9.84 Å². The molecule has 0 spiro atoms. The Morgan fingerprint density at radius 1 is 1.12 bits per heavy atom. The minimum absolute atomic E-state index is 0.0246. The molecule has 0 radical (unpaired) electrons. The Morgan fingerprint density at radius 3 is 2.25 bits per heavy atom. The molecule has 1 N–H and O–H groups in total. The molecular weight excluding hydrogens is 323 g/mol. The van der Waals surface area contributed by atoms with Gasteiger partial charge in [0, 0.05) is 0 Å². The first-order valence-corrected chi connectivity index (χ1v) is 7.07. The smallest absolute Gasteiger partial charge is 0.433 e. The molecule has 0 amide bonds. The summed E-state index contributed by atoms with van der Waals surface area (Å²) in [6.45, 7) is 5.85. The summed E-state index contributed by atoms with van der Waals surface area (Å²) in [5, 5.41) is 9.24. The molecule has 0 aliphatic heterocycles. The number of ether oxygens (including phenoxy) is 1. The van der Waals surface area contributed by atoms with Crippen molar-refractivity contribution in [2.45, 2.75) is 32.4 Å². The van der Waals surface area contributed by atoms with Crippen molar-refractivity contribution in [3.05, 3.63) is 53.3 Å². The van der Waals surface area contributed by atoms with Crippen LogP contribution >= 0.6 is 0 Å². The van der Waals surface area contributed by atoms with Crippen molar-refractivity contribution in [3.63, 3.8) is 0 Å². The van der Waals surface area contributed by atoms with E-state index in [-0.39, 0.29) is 22.5 Å². The van der Waals surface area contributed by atoms with Gasteiger partial charge in [-0.1, -0.05) is 26.8 Å². The van der Waals surface area contributed by atoms with Crippen LogP contribution in [0, 0.1) is 0 Å². The topological polar surface area (TPSA) is 59.4 Å². The van der Waals surface area contributed by atoms with Crippen molar-refractivity contribution < 1.29 is 27.8 Å². The Balaban J connectivity index is 2.38. The maximum absolute atomic E-state index is 12.5. The van der Waals surface area contributed by atoms with E-state index in [1.165, 1.54) is 6.07 Å². The highest BCUT2D eigenvalue weighted by molar-refractivity contribution is 5.91. The summed E-state index contributed by atoms with van der Waals surface area (Å²) in [5.41, 5.74) is -0.532. The van der Waals surface area contributed by atoms with Crippen molar-refractivity contribution in [2.75, 3.05) is 0 Å². The summed E-state index contributed by atoms with van der Waals surface area (Å²) in [6, 6.07) is 6.55. The lowest BCUT2D eigenvalue weighted by molar-refractivity contribution is -0.141. The van der Waals surface area contributed by atoms with Crippen LogP contribution in [-0.2, 0) is 11.6 Å². The third-order valence-corrected chi connectivity index (χ3v) is 3.33. The van der Waals surface area contributed by atoms with Gasteiger partial charge in [-0.25, -0.2) is 9.78 Å². The fourth-order valence-electron chi connectivity index (χ4n) is 1.99. The van der Waals surface area contributed by atoms with Crippen LogP contribution in [-0.4, -0.2) is 16.1 Å². The van der Waals surface area contributed by atoms with Gasteiger partial charge in [-0.2, -0.15) is 13.2 Å². The lowest BCUT2D eigenvalue weighted by Crippen LogP contribution is -2.12. The number of rotatable bonds is 3. The van der Waals surface area contributed by atoms with Gasteiger partial charge in [-0.15, -0.1) is 0 Å². The third-order valence-electron chi connectivity index (χ3n) is 3.33. The highest BCUT2D eigenvalue weighted by Gasteiger charge is 2.32. The minimum atomic E-state index is -4.54. The van der Waals surface area contributed by atoms with Gasteiger partial charge in [0.2, 0.25) is 0 Å². The second-order valence-corrected chi connectivity index (χ2v) is 6.25. The SMILES string of the molecule is CC(C)(C)c1ccc(C(=O)O)c(Oc2ccc(C(F)(F)F)nc2)c1. The number of halogens is 3. The van der Waals surface area contributed by atoms with Crippen LogP contribution in [0.1, 0.15) is 42.4 Å². The quantitative estimate of drug-likeness (QED) is 0.865. The van der Waals surface area contributed by atoms with E-state index in [2.05, 4.69) is 4.98 Å². The van der Waals surface area contributed by atoms with Crippen molar-refractivity contribution in [1.82, 2.24) is 4.98 Å². The molecule has 1 aromatic heterocycles. The normalized spacial score (nSPS) is 12.1. The molecule has 2 aromatic rings. The van der Waals surface area contributed by atoms with Crippen molar-refractivity contribution in [3.8, 4) is 11.5 Å². The van der Waals surface area contributed by atoms with E-state index in [4.69, 9.17) is 4.74 Å². The molecule has 4 nitrogen and oxygen atoms in total. The van der Waals surface area contributed by atoms with Gasteiger partial charge in [-0.3, -0.25) is 0 Å². The highest BCUT2D eigenvalue weighted by atomic mass is 19.4. The number of aromatic carboxylic acids is 1. The summed E-state index contributed by atoms with van der Waals surface area (Å²) in [4.78, 5) is 14.6. The minimum Gasteiger partial charge on any atom is -0.478 e. The average molecular weight is 339 g/mol. The number of nitrogens with zero attached hydrogens (tertiary/aromatic N) is 1. The van der Waals surface area contributed by atoms with Gasteiger partial charge in [0.15, 0.2) is 0 Å². The first kappa shape index (κ1) is 17.8. The maximum Gasteiger partial charge on any atom is 0.433 e. The number of carbonyl (C=O) groups is 1. The van der Waals surface area contributed by atoms with Gasteiger partial charge >= 0.3 is 12.1 Å². The summed E-state index contributed by atoms with van der Waals surface area (Å²) >= 11 is 0. The summed E-state index contributed by atoms with van der Waals surface area (Å²) in [5.74, 6) is -1.11. The Morgan fingerprint density at radius 2 is 1.79 bits per heavy atom. The average Bonchev–Trinajstić information content (AvgIpc) is 2.45. The number of benzene rings is 1. The molecule has 0 aliphatic carbocycles. The van der Waals surface area contributed by atoms with Crippen LogP contribution in [0.5, 0.6) is 11.5 Å². The number of carboxylic acids is 1. The van der Waals surface area contributed by atoms with Gasteiger partial charge in [0.1, 0.15) is 22.8 Å². The molecule has 0 saturated carbocycles. The van der Waals surface area contributed by atoms with E-state index >= 15 is 0 Å². The Kier molecular flexibility index (Phi) is 4.55. The molecule has 0 atom stereocenters. The molecule has 2 rings (SSSR count). The fourth-order valence-corrected chi connectivity index (χ4v) is 1.99. The number of aromatic nitrogens is 1. The lowest BCUT2D eigenvalue weighted by atomic mass is 9.86. The van der Waals surface area contributed by atoms with Crippen LogP contribution in [0.4, 0.5) is 13.2 Å². The number of carboxylic acid groups (broad SMARTS) is 1. The fraction of sp³-hybridized carbons (Fsp3) is 0.294. The molecule has 0 aliphatic rings. The summed E-state index contributed by atoms with van der Waals surface area (Å²) in [7, 11) is 0. The van der Waals surface area contributed by atoms with Crippen molar-refractivity contribution >= 4 is 5.97 Å². The van der Waals surface area contributed by atoms with E-state index in [0.29, 0.717) is 0 Å². The van der Waals surface area contributed by atoms with E-state index < -0.39 is 17.8 Å². The van der Waals surface area contributed by atoms with Gasteiger partial charge in [-0.05, 0) is 35.2 Å². The molecule has 1 aromatic carbocycles. The summed E-state index contributed by atoms with van der Waals surface area (Å²) in [6.07, 6.45) is -3.63. The van der Waals surface area contributed by atoms with Crippen molar-refractivity contribution in [2.24, 2.45) is 0 Å². The summed E-state index contributed by atoms with van der Waals surface area (Å²) < 4.78 is 43.0. The lowest BCUT2D eigenvalue weighted by Gasteiger charge is -2.20. The van der Waals surface area contributed by atoms with E-state index in [1.54, 1.807) is 12.1 Å². The first-order valence-electron chi connectivity index (χ1n) is 7.07. The van der Waals surface area contributed by atoms with Crippen molar-refractivity contribution in [1.29, 1.82) is 0 Å². The molecular formula is C17H16F3NO3.